The first-order chi connectivity index (χ1) is 9.69. The third kappa shape index (κ3) is 3.89. The summed E-state index contributed by atoms with van der Waals surface area (Å²) in [4.78, 5) is 6.61. The molecule has 2 rings (SSSR count). The number of nitrogens with two attached hydrogens (primary N) is 1. The molecule has 6 heteroatoms. The normalized spacial score (nSPS) is 11.7. The van der Waals surface area contributed by atoms with Gasteiger partial charge in [0.15, 0.2) is 0 Å². The molecular weight excluding hydrogens is 252 g/mol. The number of aromatic nitrogens is 3. The first-order valence-electron chi connectivity index (χ1n) is 6.59. The van der Waals surface area contributed by atoms with Gasteiger partial charge in [-0.1, -0.05) is 23.4 Å². The molecule has 0 unspecified atom stereocenters. The summed E-state index contributed by atoms with van der Waals surface area (Å²) in [7, 11) is 1.99. The topological polar surface area (TPSA) is 72.3 Å². The van der Waals surface area contributed by atoms with Crippen molar-refractivity contribution in [3.8, 4) is 0 Å². The minimum absolute atomic E-state index is 0.563. The molecule has 0 spiro atoms. The van der Waals surface area contributed by atoms with E-state index in [0.29, 0.717) is 19.6 Å². The zero-order valence-corrected chi connectivity index (χ0v) is 11.9. The van der Waals surface area contributed by atoms with E-state index >= 15 is 0 Å². The van der Waals surface area contributed by atoms with Gasteiger partial charge in [-0.3, -0.25) is 4.68 Å². The largest absolute Gasteiger partial charge is 0.357 e. The SMILES string of the molecule is C/C(=N/c1ccccc1)N(C)Cc1cn(CCN)nn1. The summed E-state index contributed by atoms with van der Waals surface area (Å²) in [6.07, 6.45) is 1.92. The van der Waals surface area contributed by atoms with Crippen LogP contribution >= 0.6 is 0 Å². The van der Waals surface area contributed by atoms with Gasteiger partial charge < -0.3 is 10.6 Å². The molecule has 106 valence electrons. The lowest BCUT2D eigenvalue weighted by Gasteiger charge is -2.16. The van der Waals surface area contributed by atoms with Gasteiger partial charge in [-0.15, -0.1) is 5.10 Å². The molecule has 1 aromatic heterocycles. The van der Waals surface area contributed by atoms with E-state index in [0.717, 1.165) is 17.2 Å². The second-order valence-electron chi connectivity index (χ2n) is 4.61. The van der Waals surface area contributed by atoms with Gasteiger partial charge >= 0.3 is 0 Å². The maximum Gasteiger partial charge on any atom is 0.102 e. The average Bonchev–Trinajstić information content (AvgIpc) is 2.87. The molecule has 0 atom stereocenters. The zero-order valence-electron chi connectivity index (χ0n) is 11.9. The van der Waals surface area contributed by atoms with Crippen molar-refractivity contribution < 1.29 is 0 Å². The molecule has 0 bridgehead atoms. The van der Waals surface area contributed by atoms with Crippen LogP contribution in [0.4, 0.5) is 5.69 Å². The Morgan fingerprint density at radius 2 is 2.10 bits per heavy atom. The Balaban J connectivity index is 1.99. The van der Waals surface area contributed by atoms with E-state index in [1.165, 1.54) is 0 Å². The summed E-state index contributed by atoms with van der Waals surface area (Å²) >= 11 is 0. The highest BCUT2D eigenvalue weighted by atomic mass is 15.4. The Bertz CT molecular complexity index is 560. The lowest BCUT2D eigenvalue weighted by molar-refractivity contribution is 0.489. The van der Waals surface area contributed by atoms with Crippen LogP contribution in [0, 0.1) is 0 Å². The van der Waals surface area contributed by atoms with Crippen LogP contribution < -0.4 is 5.73 Å². The molecule has 1 heterocycles. The zero-order chi connectivity index (χ0) is 14.4. The first kappa shape index (κ1) is 14.2. The summed E-state index contributed by atoms with van der Waals surface area (Å²) in [5, 5.41) is 8.15. The van der Waals surface area contributed by atoms with Crippen LogP contribution in [0.25, 0.3) is 0 Å². The predicted octanol–water partition coefficient (Wildman–Crippen LogP) is 1.42. The molecule has 0 radical (unpaired) electrons. The fourth-order valence-corrected chi connectivity index (χ4v) is 1.78. The Morgan fingerprint density at radius 3 is 2.80 bits per heavy atom. The van der Waals surface area contributed by atoms with Crippen LogP contribution in [0.15, 0.2) is 41.5 Å². The van der Waals surface area contributed by atoms with Gasteiger partial charge in [-0.25, -0.2) is 4.99 Å². The van der Waals surface area contributed by atoms with Crippen molar-refractivity contribution in [2.75, 3.05) is 13.6 Å². The Labute approximate surface area is 118 Å². The minimum Gasteiger partial charge on any atom is -0.357 e. The fourth-order valence-electron chi connectivity index (χ4n) is 1.78. The number of benzene rings is 1. The summed E-state index contributed by atoms with van der Waals surface area (Å²) < 4.78 is 1.76. The van der Waals surface area contributed by atoms with E-state index in [2.05, 4.69) is 15.3 Å². The van der Waals surface area contributed by atoms with Gasteiger partial charge in [-0.05, 0) is 19.1 Å². The summed E-state index contributed by atoms with van der Waals surface area (Å²) in [6.45, 7) is 3.91. The molecule has 20 heavy (non-hydrogen) atoms. The van der Waals surface area contributed by atoms with Crippen LogP contribution in [-0.4, -0.2) is 39.3 Å². The van der Waals surface area contributed by atoms with Crippen molar-refractivity contribution in [3.05, 3.63) is 42.2 Å². The molecule has 0 aliphatic carbocycles. The smallest absolute Gasteiger partial charge is 0.102 e. The molecule has 0 saturated carbocycles. The number of rotatable bonds is 5. The maximum absolute atomic E-state index is 5.49. The lowest BCUT2D eigenvalue weighted by Crippen LogP contribution is -2.23. The van der Waals surface area contributed by atoms with Crippen LogP contribution in [0.5, 0.6) is 0 Å². The fraction of sp³-hybridized carbons (Fsp3) is 0.357. The Morgan fingerprint density at radius 1 is 1.35 bits per heavy atom. The van der Waals surface area contributed by atoms with E-state index in [9.17, 15) is 0 Å². The number of aliphatic imine (C=N–C) groups is 1. The highest BCUT2D eigenvalue weighted by Crippen LogP contribution is 2.11. The van der Waals surface area contributed by atoms with Gasteiger partial charge in [0.05, 0.1) is 25.0 Å². The summed E-state index contributed by atoms with van der Waals surface area (Å²) in [5.74, 6) is 0.935. The van der Waals surface area contributed by atoms with E-state index in [1.807, 2.05) is 55.4 Å². The highest BCUT2D eigenvalue weighted by molar-refractivity contribution is 5.82. The van der Waals surface area contributed by atoms with Crippen molar-refractivity contribution in [1.82, 2.24) is 19.9 Å². The van der Waals surface area contributed by atoms with Crippen molar-refractivity contribution in [2.45, 2.75) is 20.0 Å². The molecular formula is C14H20N6. The van der Waals surface area contributed by atoms with Crippen molar-refractivity contribution in [3.63, 3.8) is 0 Å². The molecule has 0 fully saturated rings. The number of hydrogen-bond donors (Lipinski definition) is 1. The number of nitrogens with zero attached hydrogens (tertiary/aromatic N) is 5. The van der Waals surface area contributed by atoms with Crippen LogP contribution in [0.1, 0.15) is 12.6 Å². The number of amidine groups is 1. The lowest BCUT2D eigenvalue weighted by atomic mass is 10.3. The molecule has 0 aliphatic rings. The van der Waals surface area contributed by atoms with Gasteiger partial charge in [0.1, 0.15) is 11.5 Å². The second-order valence-corrected chi connectivity index (χ2v) is 4.61. The van der Waals surface area contributed by atoms with E-state index in [-0.39, 0.29) is 0 Å². The van der Waals surface area contributed by atoms with Gasteiger partial charge in [0, 0.05) is 13.6 Å². The van der Waals surface area contributed by atoms with Crippen molar-refractivity contribution in [2.24, 2.45) is 10.7 Å². The van der Waals surface area contributed by atoms with Gasteiger partial charge in [0.25, 0.3) is 0 Å². The maximum atomic E-state index is 5.49. The number of hydrogen-bond acceptors (Lipinski definition) is 4. The van der Waals surface area contributed by atoms with E-state index < -0.39 is 0 Å². The molecule has 0 amide bonds. The first-order valence-corrected chi connectivity index (χ1v) is 6.59. The molecule has 2 N–H and O–H groups in total. The summed E-state index contributed by atoms with van der Waals surface area (Å²) in [6, 6.07) is 9.90. The van der Waals surface area contributed by atoms with Crippen LogP contribution in [0.3, 0.4) is 0 Å². The Kier molecular flexibility index (Phi) is 4.84. The predicted molar refractivity (Wildman–Crippen MR) is 79.8 cm³/mol. The van der Waals surface area contributed by atoms with Gasteiger partial charge in [-0.2, -0.15) is 0 Å². The van der Waals surface area contributed by atoms with Crippen molar-refractivity contribution in [1.29, 1.82) is 0 Å². The molecule has 6 nitrogen and oxygen atoms in total. The van der Waals surface area contributed by atoms with E-state index in [1.54, 1.807) is 4.68 Å². The number of para-hydroxylation sites is 1. The quantitative estimate of drug-likeness (QED) is 0.660. The third-order valence-corrected chi connectivity index (χ3v) is 2.94. The second kappa shape index (κ2) is 6.81. The van der Waals surface area contributed by atoms with Gasteiger partial charge in [0.2, 0.25) is 0 Å². The standard InChI is InChI=1S/C14H20N6/c1-12(16-13-6-4-3-5-7-13)19(2)10-14-11-20(9-8-15)18-17-14/h3-7,11H,8-10,15H2,1-2H3/b16-12-. The molecule has 0 aliphatic heterocycles. The third-order valence-electron chi connectivity index (χ3n) is 2.94. The highest BCUT2D eigenvalue weighted by Gasteiger charge is 2.06. The summed E-state index contributed by atoms with van der Waals surface area (Å²) in [5.41, 5.74) is 7.34. The minimum atomic E-state index is 0.563. The van der Waals surface area contributed by atoms with Crippen molar-refractivity contribution >= 4 is 11.5 Å². The molecule has 1 aromatic carbocycles. The van der Waals surface area contributed by atoms with Crippen LogP contribution in [0.2, 0.25) is 0 Å². The van der Waals surface area contributed by atoms with E-state index in [4.69, 9.17) is 5.73 Å². The Hall–Kier alpha value is -2.21. The average molecular weight is 272 g/mol. The molecule has 0 saturated heterocycles. The van der Waals surface area contributed by atoms with Crippen LogP contribution in [-0.2, 0) is 13.1 Å². The monoisotopic (exact) mass is 272 g/mol. The molecule has 2 aromatic rings.